The highest BCUT2D eigenvalue weighted by Gasteiger charge is 2.26. The Morgan fingerprint density at radius 2 is 1.79 bits per heavy atom. The van der Waals surface area contributed by atoms with Gasteiger partial charge in [-0.25, -0.2) is 12.8 Å². The van der Waals surface area contributed by atoms with Crippen LogP contribution in [0.5, 0.6) is 0 Å². The fourth-order valence-corrected chi connectivity index (χ4v) is 4.28. The van der Waals surface area contributed by atoms with E-state index < -0.39 is 16.0 Å². The average molecular weight is 407 g/mol. The second-order valence-electron chi connectivity index (χ2n) is 6.45. The van der Waals surface area contributed by atoms with E-state index in [2.05, 4.69) is 0 Å². The Hall–Kier alpha value is -2.29. The summed E-state index contributed by atoms with van der Waals surface area (Å²) < 4.78 is 50.0. The molecule has 150 valence electrons. The zero-order valence-corrected chi connectivity index (χ0v) is 16.2. The van der Waals surface area contributed by atoms with E-state index in [-0.39, 0.29) is 23.7 Å². The zero-order valence-electron chi connectivity index (χ0n) is 15.3. The van der Waals surface area contributed by atoms with Gasteiger partial charge in [-0.15, -0.1) is 0 Å². The van der Waals surface area contributed by atoms with Crippen molar-refractivity contribution in [3.8, 4) is 0 Å². The maximum absolute atomic E-state index is 13.1. The van der Waals surface area contributed by atoms with E-state index in [1.165, 1.54) is 16.4 Å². The predicted molar refractivity (Wildman–Crippen MR) is 101 cm³/mol. The number of hydrogen-bond donors (Lipinski definition) is 0. The minimum absolute atomic E-state index is 0.0212. The quantitative estimate of drug-likeness (QED) is 0.660. The molecule has 8 heteroatoms. The molecule has 2 aromatic carbocycles. The molecule has 3 rings (SSSR count). The molecule has 2 aromatic rings. The van der Waals surface area contributed by atoms with Crippen LogP contribution in [0.15, 0.2) is 53.4 Å². The summed E-state index contributed by atoms with van der Waals surface area (Å²) in [4.78, 5) is 12.1. The standard InChI is InChI=1S/C20H22FNO5S/c21-18-3-1-2-17(14-18)15-27-20(23)9-6-16-4-7-19(8-5-16)28(24,25)22-10-12-26-13-11-22/h1-5,7-8,14H,6,9-13,15H2. The highest BCUT2D eigenvalue weighted by Crippen LogP contribution is 2.18. The maximum atomic E-state index is 13.1. The summed E-state index contributed by atoms with van der Waals surface area (Å²) in [6, 6.07) is 12.4. The van der Waals surface area contributed by atoms with Gasteiger partial charge in [0, 0.05) is 19.5 Å². The Balaban J connectivity index is 1.50. The second kappa shape index (κ2) is 9.27. The molecule has 0 atom stereocenters. The fourth-order valence-electron chi connectivity index (χ4n) is 2.87. The summed E-state index contributed by atoms with van der Waals surface area (Å²) in [7, 11) is -3.52. The Labute approximate surface area is 163 Å². The molecule has 0 aliphatic carbocycles. The number of benzene rings is 2. The summed E-state index contributed by atoms with van der Waals surface area (Å²) in [5, 5.41) is 0. The van der Waals surface area contributed by atoms with Crippen LogP contribution in [0.1, 0.15) is 17.5 Å². The first-order valence-electron chi connectivity index (χ1n) is 9.02. The number of aryl methyl sites for hydroxylation is 1. The molecule has 6 nitrogen and oxygen atoms in total. The first-order chi connectivity index (χ1) is 13.4. The third-order valence-corrected chi connectivity index (χ3v) is 6.35. The Morgan fingerprint density at radius 1 is 1.07 bits per heavy atom. The van der Waals surface area contributed by atoms with Crippen molar-refractivity contribution in [2.24, 2.45) is 0 Å². The van der Waals surface area contributed by atoms with Gasteiger partial charge in [-0.3, -0.25) is 4.79 Å². The van der Waals surface area contributed by atoms with Crippen molar-refractivity contribution < 1.29 is 27.1 Å². The zero-order chi connectivity index (χ0) is 20.0. The van der Waals surface area contributed by atoms with E-state index in [1.807, 2.05) is 0 Å². The van der Waals surface area contributed by atoms with Gasteiger partial charge in [0.15, 0.2) is 0 Å². The summed E-state index contributed by atoms with van der Waals surface area (Å²) in [5.74, 6) is -0.769. The lowest BCUT2D eigenvalue weighted by Gasteiger charge is -2.26. The normalized spacial score (nSPS) is 15.3. The van der Waals surface area contributed by atoms with Crippen LogP contribution >= 0.6 is 0 Å². The van der Waals surface area contributed by atoms with Crippen LogP contribution in [-0.4, -0.2) is 45.0 Å². The van der Waals surface area contributed by atoms with E-state index in [1.54, 1.807) is 36.4 Å². The number of rotatable bonds is 7. The lowest BCUT2D eigenvalue weighted by Crippen LogP contribution is -2.40. The number of esters is 1. The number of morpholine rings is 1. The van der Waals surface area contributed by atoms with Crippen LogP contribution in [0.4, 0.5) is 4.39 Å². The van der Waals surface area contributed by atoms with Crippen molar-refractivity contribution >= 4 is 16.0 Å². The van der Waals surface area contributed by atoms with E-state index >= 15 is 0 Å². The molecule has 0 unspecified atom stereocenters. The van der Waals surface area contributed by atoms with Gasteiger partial charge in [0.05, 0.1) is 18.1 Å². The minimum Gasteiger partial charge on any atom is -0.461 e. The Kier molecular flexibility index (Phi) is 6.77. The molecule has 0 aromatic heterocycles. The summed E-state index contributed by atoms with van der Waals surface area (Å²) in [5.41, 5.74) is 1.43. The highest BCUT2D eigenvalue weighted by atomic mass is 32.2. The molecule has 0 spiro atoms. The number of hydrogen-bond acceptors (Lipinski definition) is 5. The van der Waals surface area contributed by atoms with Crippen molar-refractivity contribution in [3.05, 3.63) is 65.5 Å². The van der Waals surface area contributed by atoms with Gasteiger partial charge >= 0.3 is 5.97 Å². The average Bonchev–Trinajstić information content (AvgIpc) is 2.72. The molecule has 1 heterocycles. The van der Waals surface area contributed by atoms with Gasteiger partial charge in [0.25, 0.3) is 0 Å². The number of sulfonamides is 1. The topological polar surface area (TPSA) is 72.9 Å². The van der Waals surface area contributed by atoms with E-state index in [0.717, 1.165) is 5.56 Å². The number of carbonyl (C=O) groups excluding carboxylic acids is 1. The van der Waals surface area contributed by atoms with Crippen molar-refractivity contribution in [2.45, 2.75) is 24.3 Å². The first kappa shape index (κ1) is 20.4. The second-order valence-corrected chi connectivity index (χ2v) is 8.39. The van der Waals surface area contributed by atoms with Gasteiger partial charge in [-0.05, 0) is 41.8 Å². The van der Waals surface area contributed by atoms with Gasteiger partial charge in [0.1, 0.15) is 12.4 Å². The van der Waals surface area contributed by atoms with Crippen molar-refractivity contribution in [1.29, 1.82) is 0 Å². The molecule has 1 aliphatic rings. The third kappa shape index (κ3) is 5.37. The number of carbonyl (C=O) groups is 1. The molecule has 28 heavy (non-hydrogen) atoms. The van der Waals surface area contributed by atoms with Crippen LogP contribution in [0.25, 0.3) is 0 Å². The van der Waals surface area contributed by atoms with Crippen LogP contribution < -0.4 is 0 Å². The molecule has 0 radical (unpaired) electrons. The van der Waals surface area contributed by atoms with E-state index in [0.29, 0.717) is 38.3 Å². The van der Waals surface area contributed by atoms with Crippen molar-refractivity contribution in [1.82, 2.24) is 4.31 Å². The molecule has 1 saturated heterocycles. The van der Waals surface area contributed by atoms with Gasteiger partial charge in [-0.2, -0.15) is 4.31 Å². The summed E-state index contributed by atoms with van der Waals surface area (Å²) in [6.45, 7) is 1.51. The molecule has 0 N–H and O–H groups in total. The van der Waals surface area contributed by atoms with Gasteiger partial charge < -0.3 is 9.47 Å². The third-order valence-electron chi connectivity index (χ3n) is 4.44. The number of halogens is 1. The fraction of sp³-hybridized carbons (Fsp3) is 0.350. The molecule has 0 bridgehead atoms. The van der Waals surface area contributed by atoms with Crippen LogP contribution in [-0.2, 0) is 37.3 Å². The first-order valence-corrected chi connectivity index (χ1v) is 10.5. The summed E-state index contributed by atoms with van der Waals surface area (Å²) >= 11 is 0. The van der Waals surface area contributed by atoms with E-state index in [4.69, 9.17) is 9.47 Å². The Bertz CT molecular complexity index is 908. The number of ether oxygens (including phenoxy) is 2. The molecular formula is C20H22FNO5S. The van der Waals surface area contributed by atoms with Crippen molar-refractivity contribution in [3.63, 3.8) is 0 Å². The molecule has 1 fully saturated rings. The van der Waals surface area contributed by atoms with Crippen LogP contribution in [0, 0.1) is 5.82 Å². The minimum atomic E-state index is -3.52. The van der Waals surface area contributed by atoms with Gasteiger partial charge in [0.2, 0.25) is 10.0 Å². The van der Waals surface area contributed by atoms with Crippen molar-refractivity contribution in [2.75, 3.05) is 26.3 Å². The summed E-state index contributed by atoms with van der Waals surface area (Å²) in [6.07, 6.45) is 0.588. The molecule has 0 amide bonds. The Morgan fingerprint density at radius 3 is 2.46 bits per heavy atom. The molecule has 0 saturated carbocycles. The van der Waals surface area contributed by atoms with E-state index in [9.17, 15) is 17.6 Å². The maximum Gasteiger partial charge on any atom is 0.306 e. The predicted octanol–water partition coefficient (Wildman–Crippen LogP) is 2.52. The lowest BCUT2D eigenvalue weighted by molar-refractivity contribution is -0.144. The van der Waals surface area contributed by atoms with Gasteiger partial charge in [-0.1, -0.05) is 24.3 Å². The number of nitrogens with zero attached hydrogens (tertiary/aromatic N) is 1. The molecule has 1 aliphatic heterocycles. The smallest absolute Gasteiger partial charge is 0.306 e. The van der Waals surface area contributed by atoms with Crippen LogP contribution in [0.3, 0.4) is 0 Å². The molecular weight excluding hydrogens is 385 g/mol. The lowest BCUT2D eigenvalue weighted by atomic mass is 10.1. The highest BCUT2D eigenvalue weighted by molar-refractivity contribution is 7.89. The SMILES string of the molecule is O=C(CCc1ccc(S(=O)(=O)N2CCOCC2)cc1)OCc1cccc(F)c1. The monoisotopic (exact) mass is 407 g/mol. The largest absolute Gasteiger partial charge is 0.461 e. The van der Waals surface area contributed by atoms with Crippen LogP contribution in [0.2, 0.25) is 0 Å².